The van der Waals surface area contributed by atoms with Crippen molar-refractivity contribution in [3.63, 3.8) is 0 Å². The number of aromatic nitrogens is 5. The first-order valence-electron chi connectivity index (χ1n) is 7.59. The number of fused-ring (bicyclic) bond motifs is 1. The number of imide groups is 1. The smallest absolute Gasteiger partial charge is 0.322 e. The molecule has 10 nitrogen and oxygen atoms in total. The Morgan fingerprint density at radius 3 is 2.35 bits per heavy atom. The maximum absolute atomic E-state index is 12.4. The summed E-state index contributed by atoms with van der Waals surface area (Å²) in [7, 11) is 1.74. The summed E-state index contributed by atoms with van der Waals surface area (Å²) >= 11 is 0. The van der Waals surface area contributed by atoms with E-state index in [0.717, 1.165) is 0 Å². The van der Waals surface area contributed by atoms with E-state index < -0.39 is 17.8 Å². The number of rotatable bonds is 3. The standard InChI is InChI=1S/C16H12N6O4/c1-9-13(18-19-21(9)10-7-17-20(2)8-10)16(25)26-22-14(23)11-5-3-4-6-12(11)15(22)24/h3-8H,1-2H3. The number of hydrogen-bond acceptors (Lipinski definition) is 7. The fraction of sp³-hybridized carbons (Fsp3) is 0.125. The first kappa shape index (κ1) is 15.7. The van der Waals surface area contributed by atoms with Crippen molar-refractivity contribution in [1.29, 1.82) is 0 Å². The number of hydroxylamine groups is 2. The molecule has 0 saturated carbocycles. The van der Waals surface area contributed by atoms with Crippen LogP contribution in [0.25, 0.3) is 5.69 Å². The predicted molar refractivity (Wildman–Crippen MR) is 85.2 cm³/mol. The molecule has 0 unspecified atom stereocenters. The van der Waals surface area contributed by atoms with Gasteiger partial charge in [0.2, 0.25) is 0 Å². The number of carbonyl (C=O) groups excluding carboxylic acids is 3. The molecule has 2 amide bonds. The highest BCUT2D eigenvalue weighted by molar-refractivity contribution is 6.21. The molecule has 4 rings (SSSR count). The number of carbonyl (C=O) groups is 3. The fourth-order valence-electron chi connectivity index (χ4n) is 2.66. The molecule has 2 aromatic heterocycles. The van der Waals surface area contributed by atoms with Crippen molar-refractivity contribution in [2.45, 2.75) is 6.92 Å². The Morgan fingerprint density at radius 1 is 1.12 bits per heavy atom. The van der Waals surface area contributed by atoms with Crippen LogP contribution in [0.15, 0.2) is 36.7 Å². The zero-order chi connectivity index (χ0) is 18.4. The van der Waals surface area contributed by atoms with Gasteiger partial charge in [0, 0.05) is 7.05 Å². The van der Waals surface area contributed by atoms with Gasteiger partial charge >= 0.3 is 5.97 Å². The Bertz CT molecular complexity index is 1030. The van der Waals surface area contributed by atoms with Crippen molar-refractivity contribution in [3.8, 4) is 5.69 Å². The zero-order valence-electron chi connectivity index (χ0n) is 13.8. The van der Waals surface area contributed by atoms with Crippen molar-refractivity contribution in [2.75, 3.05) is 0 Å². The largest absolute Gasteiger partial charge is 0.385 e. The highest BCUT2D eigenvalue weighted by atomic mass is 16.7. The van der Waals surface area contributed by atoms with Crippen LogP contribution < -0.4 is 0 Å². The molecule has 0 bridgehead atoms. The maximum Gasteiger partial charge on any atom is 0.385 e. The molecule has 26 heavy (non-hydrogen) atoms. The van der Waals surface area contributed by atoms with Crippen LogP contribution in [0, 0.1) is 6.92 Å². The first-order chi connectivity index (χ1) is 12.5. The summed E-state index contributed by atoms with van der Waals surface area (Å²) in [5.41, 5.74) is 1.25. The number of aryl methyl sites for hydroxylation is 1. The molecule has 0 N–H and O–H groups in total. The van der Waals surface area contributed by atoms with Crippen molar-refractivity contribution in [1.82, 2.24) is 29.8 Å². The van der Waals surface area contributed by atoms with Gasteiger partial charge in [-0.05, 0) is 19.1 Å². The SMILES string of the molecule is Cc1c(C(=O)ON2C(=O)c3ccccc3C2=O)nnn1-c1cnn(C)c1. The molecule has 0 aliphatic carbocycles. The van der Waals surface area contributed by atoms with E-state index in [1.54, 1.807) is 43.2 Å². The summed E-state index contributed by atoms with van der Waals surface area (Å²) in [5, 5.41) is 12.2. The summed E-state index contributed by atoms with van der Waals surface area (Å²) in [6, 6.07) is 6.23. The minimum Gasteiger partial charge on any atom is -0.322 e. The quantitative estimate of drug-likeness (QED) is 0.637. The van der Waals surface area contributed by atoms with E-state index in [-0.39, 0.29) is 16.8 Å². The lowest BCUT2D eigenvalue weighted by Crippen LogP contribution is -2.33. The molecule has 0 radical (unpaired) electrons. The van der Waals surface area contributed by atoms with Crippen molar-refractivity contribution < 1.29 is 19.2 Å². The molecule has 0 spiro atoms. The normalized spacial score (nSPS) is 13.2. The average Bonchev–Trinajstić information content (AvgIpc) is 3.29. The highest BCUT2D eigenvalue weighted by Crippen LogP contribution is 2.23. The summed E-state index contributed by atoms with van der Waals surface area (Å²) < 4.78 is 2.99. The van der Waals surface area contributed by atoms with E-state index in [9.17, 15) is 14.4 Å². The van der Waals surface area contributed by atoms with Crippen LogP contribution in [0.4, 0.5) is 0 Å². The van der Waals surface area contributed by atoms with Crippen LogP contribution in [0.1, 0.15) is 36.9 Å². The second-order valence-corrected chi connectivity index (χ2v) is 5.64. The van der Waals surface area contributed by atoms with Gasteiger partial charge in [0.05, 0.1) is 29.2 Å². The predicted octanol–water partition coefficient (Wildman–Crippen LogP) is 0.677. The molecule has 1 aromatic carbocycles. The lowest BCUT2D eigenvalue weighted by molar-refractivity contribution is -0.0589. The fourth-order valence-corrected chi connectivity index (χ4v) is 2.66. The van der Waals surface area contributed by atoms with Gasteiger partial charge in [0.15, 0.2) is 5.69 Å². The van der Waals surface area contributed by atoms with Crippen LogP contribution in [-0.4, -0.2) is 47.6 Å². The van der Waals surface area contributed by atoms with Gasteiger partial charge < -0.3 is 4.84 Å². The molecule has 1 aliphatic heterocycles. The third kappa shape index (κ3) is 2.27. The topological polar surface area (TPSA) is 112 Å². The van der Waals surface area contributed by atoms with Crippen LogP contribution in [0.2, 0.25) is 0 Å². The number of hydrogen-bond donors (Lipinski definition) is 0. The van der Waals surface area contributed by atoms with Crippen molar-refractivity contribution in [2.24, 2.45) is 7.05 Å². The molecule has 3 heterocycles. The van der Waals surface area contributed by atoms with Gasteiger partial charge in [-0.1, -0.05) is 22.4 Å². The van der Waals surface area contributed by atoms with E-state index in [4.69, 9.17) is 4.84 Å². The Balaban J connectivity index is 1.60. The van der Waals surface area contributed by atoms with E-state index in [2.05, 4.69) is 15.4 Å². The third-order valence-corrected chi connectivity index (χ3v) is 3.95. The van der Waals surface area contributed by atoms with Crippen LogP contribution >= 0.6 is 0 Å². The van der Waals surface area contributed by atoms with Gasteiger partial charge in [0.25, 0.3) is 11.8 Å². The van der Waals surface area contributed by atoms with Gasteiger partial charge in [-0.25, -0.2) is 9.48 Å². The van der Waals surface area contributed by atoms with E-state index >= 15 is 0 Å². The Labute approximate surface area is 146 Å². The molecule has 10 heteroatoms. The van der Waals surface area contributed by atoms with Gasteiger partial charge in [-0.15, -0.1) is 5.10 Å². The summed E-state index contributed by atoms with van der Waals surface area (Å²) in [4.78, 5) is 41.9. The lowest BCUT2D eigenvalue weighted by Gasteiger charge is -2.11. The van der Waals surface area contributed by atoms with E-state index in [1.807, 2.05) is 0 Å². The molecule has 0 saturated heterocycles. The molecule has 0 fully saturated rings. The number of nitrogens with zero attached hydrogens (tertiary/aromatic N) is 6. The minimum atomic E-state index is -0.952. The molecular formula is C16H12N6O4. The molecule has 130 valence electrons. The molecule has 1 aliphatic rings. The first-order valence-corrected chi connectivity index (χ1v) is 7.59. The second kappa shape index (κ2) is 5.62. The average molecular weight is 352 g/mol. The molecular weight excluding hydrogens is 340 g/mol. The Kier molecular flexibility index (Phi) is 3.39. The van der Waals surface area contributed by atoms with Gasteiger partial charge in [-0.2, -0.15) is 5.10 Å². The third-order valence-electron chi connectivity index (χ3n) is 3.95. The maximum atomic E-state index is 12.4. The van der Waals surface area contributed by atoms with Gasteiger partial charge in [-0.3, -0.25) is 14.3 Å². The van der Waals surface area contributed by atoms with Crippen molar-refractivity contribution >= 4 is 17.8 Å². The minimum absolute atomic E-state index is 0.106. The molecule has 3 aromatic rings. The second-order valence-electron chi connectivity index (χ2n) is 5.64. The lowest BCUT2D eigenvalue weighted by atomic mass is 10.1. The number of benzene rings is 1. The zero-order valence-corrected chi connectivity index (χ0v) is 13.8. The summed E-state index contributed by atoms with van der Waals surface area (Å²) in [6.07, 6.45) is 3.25. The Hall–Kier alpha value is -3.82. The van der Waals surface area contributed by atoms with E-state index in [0.29, 0.717) is 16.4 Å². The number of amides is 2. The van der Waals surface area contributed by atoms with Crippen LogP contribution in [0.5, 0.6) is 0 Å². The van der Waals surface area contributed by atoms with E-state index in [1.165, 1.54) is 16.8 Å². The van der Waals surface area contributed by atoms with Crippen molar-refractivity contribution in [3.05, 3.63) is 59.2 Å². The van der Waals surface area contributed by atoms with Crippen LogP contribution in [0.3, 0.4) is 0 Å². The monoisotopic (exact) mass is 352 g/mol. The van der Waals surface area contributed by atoms with Gasteiger partial charge in [0.1, 0.15) is 5.69 Å². The summed E-state index contributed by atoms with van der Waals surface area (Å²) in [5.74, 6) is -2.35. The summed E-state index contributed by atoms with van der Waals surface area (Å²) in [6.45, 7) is 1.62. The molecule has 0 atom stereocenters. The van der Waals surface area contributed by atoms with Crippen LogP contribution in [-0.2, 0) is 11.9 Å². The Morgan fingerprint density at radius 2 is 1.77 bits per heavy atom. The highest BCUT2D eigenvalue weighted by Gasteiger charge is 2.39.